The topological polar surface area (TPSA) is 127 Å². The van der Waals surface area contributed by atoms with Crippen molar-refractivity contribution in [2.75, 3.05) is 6.54 Å². The maximum absolute atomic E-state index is 9.77. The summed E-state index contributed by atoms with van der Waals surface area (Å²) < 4.78 is 0. The van der Waals surface area contributed by atoms with E-state index >= 15 is 0 Å². The van der Waals surface area contributed by atoms with Gasteiger partial charge in [0, 0.05) is 6.04 Å². The van der Waals surface area contributed by atoms with Crippen LogP contribution in [0.3, 0.4) is 0 Å². The van der Waals surface area contributed by atoms with Crippen LogP contribution in [0.5, 0.6) is 0 Å². The second-order valence-electron chi connectivity index (χ2n) is 5.21. The summed E-state index contributed by atoms with van der Waals surface area (Å²) in [6, 6.07) is 0.857. The third-order valence-corrected chi connectivity index (χ3v) is 3.37. The van der Waals surface area contributed by atoms with E-state index in [0.717, 1.165) is 6.04 Å². The van der Waals surface area contributed by atoms with Crippen LogP contribution in [0, 0.1) is 0 Å². The Morgan fingerprint density at radius 1 is 1.05 bits per heavy atom. The van der Waals surface area contributed by atoms with Crippen LogP contribution in [-0.4, -0.2) is 57.2 Å². The number of nitrogens with one attached hydrogen (secondary N) is 1. The minimum absolute atomic E-state index is 0.857. The van der Waals surface area contributed by atoms with Crippen molar-refractivity contribution in [2.45, 2.75) is 70.1 Å². The van der Waals surface area contributed by atoms with Crippen LogP contribution in [0.25, 0.3) is 0 Å². The Morgan fingerprint density at radius 3 is 1.90 bits per heavy atom. The van der Waals surface area contributed by atoms with Crippen molar-refractivity contribution < 1.29 is 30.0 Å². The molecule has 2 atom stereocenters. The number of rotatable bonds is 7. The number of aliphatic hydroxyl groups excluding tert-OH is 2. The second kappa shape index (κ2) is 11.5. The highest BCUT2D eigenvalue weighted by Crippen LogP contribution is 2.17. The minimum Gasteiger partial charge on any atom is -0.479 e. The number of carbonyl (C=O) groups is 2. The number of hydrogen-bond donors (Lipinski definition) is 5. The molecule has 1 saturated carbocycles. The van der Waals surface area contributed by atoms with E-state index in [2.05, 4.69) is 12.2 Å². The van der Waals surface area contributed by atoms with Gasteiger partial charge < -0.3 is 25.7 Å². The van der Waals surface area contributed by atoms with Crippen molar-refractivity contribution in [3.8, 4) is 0 Å². The zero-order valence-electron chi connectivity index (χ0n) is 12.5. The Balaban J connectivity index is 0.000000384. The first-order chi connectivity index (χ1) is 9.90. The van der Waals surface area contributed by atoms with Crippen molar-refractivity contribution in [3.63, 3.8) is 0 Å². The standard InChI is InChI=1S/C10H21N.C4H6O6/c1-2-3-9-11-10-7-5-4-6-8-10;5-1(3(7)8)2(6)4(9)10/h10-11H,2-9H2,1H3;1-2,5-6H,(H,7,8)(H,9,10). The molecule has 124 valence electrons. The van der Waals surface area contributed by atoms with Gasteiger partial charge in [0.2, 0.25) is 0 Å². The van der Waals surface area contributed by atoms with Gasteiger partial charge in [-0.05, 0) is 25.8 Å². The molecular formula is C14H27NO6. The summed E-state index contributed by atoms with van der Waals surface area (Å²) in [6.45, 7) is 3.49. The Morgan fingerprint density at radius 2 is 1.52 bits per heavy atom. The molecule has 0 bridgehead atoms. The van der Waals surface area contributed by atoms with E-state index in [9.17, 15) is 9.59 Å². The number of aliphatic hydroxyl groups is 2. The van der Waals surface area contributed by atoms with Crippen LogP contribution in [-0.2, 0) is 9.59 Å². The molecule has 0 spiro atoms. The quantitative estimate of drug-likeness (QED) is 0.435. The summed E-state index contributed by atoms with van der Waals surface area (Å²) >= 11 is 0. The van der Waals surface area contributed by atoms with Crippen molar-refractivity contribution in [2.24, 2.45) is 0 Å². The summed E-state index contributed by atoms with van der Waals surface area (Å²) in [5, 5.41) is 36.1. The SMILES string of the molecule is CCCCNC1CCCCC1.O=C(O)C(O)C(O)C(=O)O. The average molecular weight is 305 g/mol. The zero-order valence-corrected chi connectivity index (χ0v) is 12.5. The lowest BCUT2D eigenvalue weighted by molar-refractivity contribution is -0.165. The first-order valence-corrected chi connectivity index (χ1v) is 7.45. The molecule has 21 heavy (non-hydrogen) atoms. The van der Waals surface area contributed by atoms with Crippen LogP contribution in [0.1, 0.15) is 51.9 Å². The maximum Gasteiger partial charge on any atom is 0.335 e. The molecule has 5 N–H and O–H groups in total. The van der Waals surface area contributed by atoms with Crippen molar-refractivity contribution in [3.05, 3.63) is 0 Å². The fraction of sp³-hybridized carbons (Fsp3) is 0.857. The lowest BCUT2D eigenvalue weighted by Crippen LogP contribution is -2.39. The van der Waals surface area contributed by atoms with Gasteiger partial charge >= 0.3 is 11.9 Å². The molecule has 0 amide bonds. The summed E-state index contributed by atoms with van der Waals surface area (Å²) in [5.74, 6) is -3.54. The van der Waals surface area contributed by atoms with Gasteiger partial charge in [0.1, 0.15) is 0 Å². The Labute approximate surface area is 125 Å². The van der Waals surface area contributed by atoms with Gasteiger partial charge in [0.05, 0.1) is 0 Å². The molecule has 0 heterocycles. The number of hydrogen-bond acceptors (Lipinski definition) is 5. The highest BCUT2D eigenvalue weighted by atomic mass is 16.4. The van der Waals surface area contributed by atoms with E-state index in [4.69, 9.17) is 20.4 Å². The molecule has 0 aliphatic heterocycles. The predicted molar refractivity (Wildman–Crippen MR) is 77.1 cm³/mol. The van der Waals surface area contributed by atoms with E-state index in [0.29, 0.717) is 0 Å². The third kappa shape index (κ3) is 9.38. The number of aliphatic carboxylic acids is 2. The van der Waals surface area contributed by atoms with E-state index in [1.807, 2.05) is 0 Å². The summed E-state index contributed by atoms with van der Waals surface area (Å²) in [6.07, 6.45) is 5.33. The Kier molecular flexibility index (Phi) is 10.8. The van der Waals surface area contributed by atoms with Crippen molar-refractivity contribution >= 4 is 11.9 Å². The first-order valence-electron chi connectivity index (χ1n) is 7.45. The normalized spacial score (nSPS) is 18.2. The summed E-state index contributed by atoms with van der Waals surface area (Å²) in [5.41, 5.74) is 0. The smallest absolute Gasteiger partial charge is 0.335 e. The van der Waals surface area contributed by atoms with E-state index in [1.54, 1.807) is 0 Å². The first kappa shape index (κ1) is 19.8. The molecule has 7 heteroatoms. The lowest BCUT2D eigenvalue weighted by atomic mass is 9.95. The minimum atomic E-state index is -2.27. The van der Waals surface area contributed by atoms with E-state index < -0.39 is 24.1 Å². The highest BCUT2D eigenvalue weighted by Gasteiger charge is 2.29. The Bertz CT molecular complexity index is 286. The molecule has 2 unspecified atom stereocenters. The molecular weight excluding hydrogens is 278 g/mol. The van der Waals surface area contributed by atoms with Gasteiger partial charge in [-0.3, -0.25) is 0 Å². The third-order valence-electron chi connectivity index (χ3n) is 3.37. The largest absolute Gasteiger partial charge is 0.479 e. The van der Waals surface area contributed by atoms with Gasteiger partial charge in [-0.1, -0.05) is 32.6 Å². The maximum atomic E-state index is 9.77. The average Bonchev–Trinajstić information content (AvgIpc) is 2.47. The molecule has 7 nitrogen and oxygen atoms in total. The fourth-order valence-electron chi connectivity index (χ4n) is 2.06. The predicted octanol–water partition coefficient (Wildman–Crippen LogP) is 0.586. The zero-order chi connectivity index (χ0) is 16.3. The molecule has 1 aliphatic rings. The second-order valence-corrected chi connectivity index (χ2v) is 5.21. The lowest BCUT2D eigenvalue weighted by Gasteiger charge is -2.22. The summed E-state index contributed by atoms with van der Waals surface area (Å²) in [7, 11) is 0. The van der Waals surface area contributed by atoms with Crippen LogP contribution < -0.4 is 5.32 Å². The van der Waals surface area contributed by atoms with Crippen LogP contribution in [0.15, 0.2) is 0 Å². The number of carboxylic acids is 2. The number of unbranched alkanes of at least 4 members (excludes halogenated alkanes) is 1. The molecule has 0 radical (unpaired) electrons. The van der Waals surface area contributed by atoms with Gasteiger partial charge in [-0.25, -0.2) is 9.59 Å². The number of carboxylic acid groups (broad SMARTS) is 2. The molecule has 0 saturated heterocycles. The van der Waals surface area contributed by atoms with Crippen LogP contribution in [0.4, 0.5) is 0 Å². The highest BCUT2D eigenvalue weighted by molar-refractivity contribution is 5.83. The molecule has 1 aliphatic carbocycles. The molecule has 1 rings (SSSR count). The van der Waals surface area contributed by atoms with Crippen molar-refractivity contribution in [1.29, 1.82) is 0 Å². The molecule has 0 aromatic carbocycles. The van der Waals surface area contributed by atoms with Gasteiger partial charge in [-0.2, -0.15) is 0 Å². The summed E-state index contributed by atoms with van der Waals surface area (Å²) in [4.78, 5) is 19.5. The van der Waals surface area contributed by atoms with E-state index in [1.165, 1.54) is 51.5 Å². The van der Waals surface area contributed by atoms with Crippen molar-refractivity contribution in [1.82, 2.24) is 5.32 Å². The fourth-order valence-corrected chi connectivity index (χ4v) is 2.06. The molecule has 0 aromatic heterocycles. The Hall–Kier alpha value is -1.18. The molecule has 0 aromatic rings. The van der Waals surface area contributed by atoms with Crippen LogP contribution >= 0.6 is 0 Å². The van der Waals surface area contributed by atoms with Gasteiger partial charge in [0.15, 0.2) is 12.2 Å². The van der Waals surface area contributed by atoms with Gasteiger partial charge in [-0.15, -0.1) is 0 Å². The van der Waals surface area contributed by atoms with E-state index in [-0.39, 0.29) is 0 Å². The van der Waals surface area contributed by atoms with Crippen LogP contribution in [0.2, 0.25) is 0 Å². The van der Waals surface area contributed by atoms with Gasteiger partial charge in [0.25, 0.3) is 0 Å². The monoisotopic (exact) mass is 305 g/mol. The molecule has 1 fully saturated rings.